The van der Waals surface area contributed by atoms with Crippen molar-refractivity contribution in [2.75, 3.05) is 20.3 Å². The van der Waals surface area contributed by atoms with E-state index < -0.39 is 0 Å². The molecule has 0 unspecified atom stereocenters. The number of rotatable bonds is 6. The van der Waals surface area contributed by atoms with E-state index in [-0.39, 0.29) is 0 Å². The van der Waals surface area contributed by atoms with E-state index in [1.807, 2.05) is 0 Å². The number of halogens is 1. The highest BCUT2D eigenvalue weighted by atomic mass is 79.9. The third-order valence-corrected chi connectivity index (χ3v) is 4.63. The Balaban J connectivity index is 2.07. The van der Waals surface area contributed by atoms with E-state index in [0.717, 1.165) is 26.7 Å². The predicted octanol–water partition coefficient (Wildman–Crippen LogP) is 3.21. The van der Waals surface area contributed by atoms with E-state index in [0.29, 0.717) is 13.2 Å². The molecule has 2 aromatic heterocycles. The monoisotopic (exact) mass is 330 g/mol. The van der Waals surface area contributed by atoms with Gasteiger partial charge in [0, 0.05) is 20.2 Å². The molecular weight excluding hydrogens is 316 g/mol. The standard InChI is InChI=1S/C12H15BrN2O2S/c1-8-5-10(18-12(8)13)11-9(15-7-17-11)6-14-3-4-16-2/h5,7,14H,3-4,6H2,1-2H3. The van der Waals surface area contributed by atoms with Gasteiger partial charge in [-0.1, -0.05) is 0 Å². The molecule has 2 aromatic rings. The number of hydrogen-bond acceptors (Lipinski definition) is 5. The lowest BCUT2D eigenvalue weighted by Gasteiger charge is -2.02. The van der Waals surface area contributed by atoms with Gasteiger partial charge in [-0.3, -0.25) is 0 Å². The quantitative estimate of drug-likeness (QED) is 0.826. The molecule has 0 atom stereocenters. The molecule has 0 bridgehead atoms. The van der Waals surface area contributed by atoms with E-state index in [1.54, 1.807) is 18.4 Å². The maximum atomic E-state index is 5.48. The van der Waals surface area contributed by atoms with E-state index in [9.17, 15) is 0 Å². The molecule has 98 valence electrons. The molecule has 1 N–H and O–H groups in total. The molecule has 0 amide bonds. The number of nitrogens with one attached hydrogen (secondary N) is 1. The van der Waals surface area contributed by atoms with Gasteiger partial charge in [0.1, 0.15) is 5.69 Å². The molecule has 0 fully saturated rings. The van der Waals surface area contributed by atoms with Crippen LogP contribution in [-0.4, -0.2) is 25.2 Å². The first-order valence-corrected chi connectivity index (χ1v) is 7.21. The summed E-state index contributed by atoms with van der Waals surface area (Å²) in [6.45, 7) is 4.24. The van der Waals surface area contributed by atoms with Crippen LogP contribution < -0.4 is 5.32 Å². The average molecular weight is 331 g/mol. The minimum Gasteiger partial charge on any atom is -0.442 e. The Bertz CT molecular complexity index is 490. The van der Waals surface area contributed by atoms with Crippen LogP contribution in [0.5, 0.6) is 0 Å². The molecule has 2 heterocycles. The lowest BCUT2D eigenvalue weighted by atomic mass is 10.2. The molecule has 0 spiro atoms. The number of thiophene rings is 1. The van der Waals surface area contributed by atoms with Crippen LogP contribution in [0.15, 0.2) is 20.7 Å². The van der Waals surface area contributed by atoms with E-state index in [1.165, 1.54) is 12.0 Å². The van der Waals surface area contributed by atoms with E-state index in [4.69, 9.17) is 9.15 Å². The zero-order chi connectivity index (χ0) is 13.0. The lowest BCUT2D eigenvalue weighted by Crippen LogP contribution is -2.19. The van der Waals surface area contributed by atoms with Crippen molar-refractivity contribution < 1.29 is 9.15 Å². The molecule has 4 nitrogen and oxygen atoms in total. The van der Waals surface area contributed by atoms with Gasteiger partial charge in [0.05, 0.1) is 15.3 Å². The third-order valence-electron chi connectivity index (χ3n) is 2.50. The summed E-state index contributed by atoms with van der Waals surface area (Å²) in [7, 11) is 1.69. The molecule has 18 heavy (non-hydrogen) atoms. The molecular formula is C12H15BrN2O2S. The van der Waals surface area contributed by atoms with Gasteiger partial charge in [-0.2, -0.15) is 0 Å². The first kappa shape index (κ1) is 13.7. The fourth-order valence-electron chi connectivity index (χ4n) is 1.55. The zero-order valence-electron chi connectivity index (χ0n) is 10.3. The number of ether oxygens (including phenoxy) is 1. The van der Waals surface area contributed by atoms with Crippen molar-refractivity contribution in [2.45, 2.75) is 13.5 Å². The average Bonchev–Trinajstić information content (AvgIpc) is 2.93. The second-order valence-corrected chi connectivity index (χ2v) is 6.24. The number of oxazole rings is 1. The topological polar surface area (TPSA) is 47.3 Å². The molecule has 0 aliphatic heterocycles. The fourth-order valence-corrected chi connectivity index (χ4v) is 3.09. The fraction of sp³-hybridized carbons (Fsp3) is 0.417. The molecule has 6 heteroatoms. The van der Waals surface area contributed by atoms with Crippen LogP contribution in [0.3, 0.4) is 0 Å². The Morgan fingerprint density at radius 2 is 2.39 bits per heavy atom. The second-order valence-electron chi connectivity index (χ2n) is 3.87. The van der Waals surface area contributed by atoms with Gasteiger partial charge in [0.2, 0.25) is 0 Å². The summed E-state index contributed by atoms with van der Waals surface area (Å²) in [5.74, 6) is 0.846. The summed E-state index contributed by atoms with van der Waals surface area (Å²) in [4.78, 5) is 5.35. The van der Waals surface area contributed by atoms with Gasteiger partial charge in [-0.05, 0) is 34.5 Å². The van der Waals surface area contributed by atoms with Crippen LogP contribution in [0, 0.1) is 6.92 Å². The maximum Gasteiger partial charge on any atom is 0.181 e. The summed E-state index contributed by atoms with van der Waals surface area (Å²) in [6.07, 6.45) is 1.49. The van der Waals surface area contributed by atoms with Crippen molar-refractivity contribution >= 4 is 27.3 Å². The molecule has 0 aliphatic carbocycles. The van der Waals surface area contributed by atoms with Gasteiger partial charge in [0.15, 0.2) is 12.2 Å². The zero-order valence-corrected chi connectivity index (χ0v) is 12.7. The summed E-state index contributed by atoms with van der Waals surface area (Å²) in [6, 6.07) is 2.11. The van der Waals surface area contributed by atoms with Crippen molar-refractivity contribution in [1.29, 1.82) is 0 Å². The second kappa shape index (κ2) is 6.47. The van der Waals surface area contributed by atoms with Crippen molar-refractivity contribution in [3.05, 3.63) is 27.5 Å². The number of aromatic nitrogens is 1. The molecule has 0 aromatic carbocycles. The normalized spacial score (nSPS) is 11.1. The highest BCUT2D eigenvalue weighted by molar-refractivity contribution is 9.11. The molecule has 0 aliphatic rings. The number of aryl methyl sites for hydroxylation is 1. The Hall–Kier alpha value is -0.690. The first-order chi connectivity index (χ1) is 8.72. The minimum atomic E-state index is 0.684. The van der Waals surface area contributed by atoms with E-state index in [2.05, 4.69) is 39.2 Å². The van der Waals surface area contributed by atoms with Crippen molar-refractivity contribution in [1.82, 2.24) is 10.3 Å². The Labute approximate surface area is 118 Å². The van der Waals surface area contributed by atoms with Gasteiger partial charge in [0.25, 0.3) is 0 Å². The predicted molar refractivity (Wildman–Crippen MR) is 75.8 cm³/mol. The molecule has 0 saturated carbocycles. The van der Waals surface area contributed by atoms with Crippen LogP contribution in [0.4, 0.5) is 0 Å². The summed E-state index contributed by atoms with van der Waals surface area (Å²) in [5, 5.41) is 3.27. The number of hydrogen-bond donors (Lipinski definition) is 1. The van der Waals surface area contributed by atoms with Crippen LogP contribution in [0.1, 0.15) is 11.3 Å². The number of methoxy groups -OCH3 is 1. The van der Waals surface area contributed by atoms with Crippen molar-refractivity contribution in [2.24, 2.45) is 0 Å². The summed E-state index contributed by atoms with van der Waals surface area (Å²) < 4.78 is 11.6. The van der Waals surface area contributed by atoms with Crippen LogP contribution in [0.2, 0.25) is 0 Å². The summed E-state index contributed by atoms with van der Waals surface area (Å²) in [5.41, 5.74) is 2.14. The van der Waals surface area contributed by atoms with Crippen LogP contribution in [0.25, 0.3) is 10.6 Å². The van der Waals surface area contributed by atoms with Crippen molar-refractivity contribution in [3.8, 4) is 10.6 Å². The molecule has 0 saturated heterocycles. The first-order valence-electron chi connectivity index (χ1n) is 5.60. The summed E-state index contributed by atoms with van der Waals surface area (Å²) >= 11 is 5.18. The molecule has 0 radical (unpaired) electrons. The molecule has 2 rings (SSSR count). The Morgan fingerprint density at radius 1 is 1.56 bits per heavy atom. The largest absolute Gasteiger partial charge is 0.442 e. The number of nitrogens with zero attached hydrogens (tertiary/aromatic N) is 1. The minimum absolute atomic E-state index is 0.684. The van der Waals surface area contributed by atoms with Crippen molar-refractivity contribution in [3.63, 3.8) is 0 Å². The Kier molecular flexibility index (Phi) is 4.94. The van der Waals surface area contributed by atoms with Crippen LogP contribution >= 0.6 is 27.3 Å². The lowest BCUT2D eigenvalue weighted by molar-refractivity contribution is 0.199. The van der Waals surface area contributed by atoms with Gasteiger partial charge >= 0.3 is 0 Å². The third kappa shape index (κ3) is 3.20. The smallest absolute Gasteiger partial charge is 0.181 e. The highest BCUT2D eigenvalue weighted by Crippen LogP contribution is 2.36. The van der Waals surface area contributed by atoms with Crippen LogP contribution in [-0.2, 0) is 11.3 Å². The van der Waals surface area contributed by atoms with Gasteiger partial charge < -0.3 is 14.5 Å². The Morgan fingerprint density at radius 3 is 3.06 bits per heavy atom. The van der Waals surface area contributed by atoms with Gasteiger partial charge in [-0.25, -0.2) is 4.98 Å². The van der Waals surface area contributed by atoms with Gasteiger partial charge in [-0.15, -0.1) is 11.3 Å². The highest BCUT2D eigenvalue weighted by Gasteiger charge is 2.14. The SMILES string of the molecule is COCCNCc1ncoc1-c1cc(C)c(Br)s1. The van der Waals surface area contributed by atoms with E-state index >= 15 is 0 Å². The maximum absolute atomic E-state index is 5.48.